The van der Waals surface area contributed by atoms with Crippen molar-refractivity contribution in [3.8, 4) is 5.40 Å². The van der Waals surface area contributed by atoms with Crippen LogP contribution >= 0.6 is 11.8 Å². The Morgan fingerprint density at radius 3 is 2.27 bits per heavy atom. The Bertz CT molecular complexity index is 515. The summed E-state index contributed by atoms with van der Waals surface area (Å²) in [6, 6.07) is 4.00. The van der Waals surface area contributed by atoms with Crippen molar-refractivity contribution in [3.63, 3.8) is 0 Å². The number of rotatable bonds is 2. The number of alkyl halides is 3. The summed E-state index contributed by atoms with van der Waals surface area (Å²) in [6.07, 6.45) is -2.66. The van der Waals surface area contributed by atoms with Crippen molar-refractivity contribution < 1.29 is 13.2 Å². The van der Waals surface area contributed by atoms with Gasteiger partial charge < -0.3 is 4.90 Å². The van der Waals surface area contributed by atoms with Crippen LogP contribution in [-0.2, 0) is 6.18 Å². The predicted molar refractivity (Wildman–Crippen MR) is 83.7 cm³/mol. The summed E-state index contributed by atoms with van der Waals surface area (Å²) < 4.78 is 38.8. The average molecular weight is 330 g/mol. The molecular weight excluding hydrogens is 309 g/mol. The Morgan fingerprint density at radius 2 is 1.77 bits per heavy atom. The highest BCUT2D eigenvalue weighted by Gasteiger charge is 2.32. The van der Waals surface area contributed by atoms with Gasteiger partial charge in [-0.2, -0.15) is 18.4 Å². The highest BCUT2D eigenvalue weighted by atomic mass is 32.2. The molecule has 0 amide bonds. The Balaban J connectivity index is 0.00000116. The van der Waals surface area contributed by atoms with Crippen LogP contribution in [0.1, 0.15) is 43.7 Å². The van der Waals surface area contributed by atoms with Crippen LogP contribution < -0.4 is 0 Å². The largest absolute Gasteiger partial charge is 0.416 e. The first-order chi connectivity index (χ1) is 10.4. The molecule has 0 N–H and O–H groups in total. The zero-order chi connectivity index (χ0) is 16.8. The first-order valence-corrected chi connectivity index (χ1v) is 8.18. The van der Waals surface area contributed by atoms with Gasteiger partial charge in [-0.05, 0) is 74.4 Å². The lowest BCUT2D eigenvalue weighted by Gasteiger charge is -2.29. The van der Waals surface area contributed by atoms with E-state index in [0.717, 1.165) is 43.8 Å². The molecule has 22 heavy (non-hydrogen) atoms. The molecule has 0 atom stereocenters. The van der Waals surface area contributed by atoms with Crippen LogP contribution in [0, 0.1) is 10.7 Å². The monoisotopic (exact) mass is 330 g/mol. The number of benzene rings is 1. The minimum atomic E-state index is -4.37. The summed E-state index contributed by atoms with van der Waals surface area (Å²) in [5.41, 5.74) is 0.0392. The SMILES string of the molecule is CC.CN1CCC(c2cc(SC#N)cc(C(F)(F)F)c2)CC1. The maximum Gasteiger partial charge on any atom is 0.416 e. The van der Waals surface area contributed by atoms with Gasteiger partial charge in [0.25, 0.3) is 0 Å². The van der Waals surface area contributed by atoms with E-state index in [1.165, 1.54) is 6.07 Å². The number of piperidine rings is 1. The van der Waals surface area contributed by atoms with Gasteiger partial charge in [-0.15, -0.1) is 0 Å². The van der Waals surface area contributed by atoms with Gasteiger partial charge >= 0.3 is 6.18 Å². The standard InChI is InChI=1S/C14H15F3N2S.C2H6/c1-19-4-2-10(3-5-19)11-6-12(14(15,16)17)8-13(7-11)20-9-18;1-2/h6-8,10H,2-5H2,1H3;1-2H3. The lowest BCUT2D eigenvalue weighted by Crippen LogP contribution is -2.29. The zero-order valence-corrected chi connectivity index (χ0v) is 13.9. The van der Waals surface area contributed by atoms with Crippen LogP contribution in [0.4, 0.5) is 13.2 Å². The van der Waals surface area contributed by atoms with E-state index in [1.807, 2.05) is 26.3 Å². The molecule has 0 spiro atoms. The topological polar surface area (TPSA) is 27.0 Å². The number of thioether (sulfide) groups is 1. The summed E-state index contributed by atoms with van der Waals surface area (Å²) in [4.78, 5) is 2.55. The van der Waals surface area contributed by atoms with Crippen molar-refractivity contribution in [1.82, 2.24) is 4.90 Å². The Kier molecular flexibility index (Phi) is 7.24. The molecule has 0 radical (unpaired) electrons. The minimum Gasteiger partial charge on any atom is -0.306 e. The van der Waals surface area contributed by atoms with Crippen molar-refractivity contribution in [1.29, 1.82) is 5.26 Å². The summed E-state index contributed by atoms with van der Waals surface area (Å²) >= 11 is 0.779. The minimum absolute atomic E-state index is 0.145. The highest BCUT2D eigenvalue weighted by Crippen LogP contribution is 2.37. The molecule has 0 bridgehead atoms. The Morgan fingerprint density at radius 1 is 1.18 bits per heavy atom. The van der Waals surface area contributed by atoms with E-state index in [-0.39, 0.29) is 5.92 Å². The van der Waals surface area contributed by atoms with Crippen LogP contribution in [0.15, 0.2) is 23.1 Å². The van der Waals surface area contributed by atoms with E-state index < -0.39 is 11.7 Å². The third-order valence-electron chi connectivity index (χ3n) is 3.61. The van der Waals surface area contributed by atoms with Crippen molar-refractivity contribution in [2.75, 3.05) is 20.1 Å². The summed E-state index contributed by atoms with van der Waals surface area (Å²) in [5.74, 6) is 0.145. The zero-order valence-electron chi connectivity index (χ0n) is 13.1. The van der Waals surface area contributed by atoms with Crippen molar-refractivity contribution >= 4 is 11.8 Å². The number of hydrogen-bond donors (Lipinski definition) is 0. The van der Waals surface area contributed by atoms with E-state index in [9.17, 15) is 13.2 Å². The Hall–Kier alpha value is -1.19. The first-order valence-electron chi connectivity index (χ1n) is 7.37. The smallest absolute Gasteiger partial charge is 0.306 e. The van der Waals surface area contributed by atoms with Gasteiger partial charge in [0, 0.05) is 4.90 Å². The van der Waals surface area contributed by atoms with Gasteiger partial charge in [0.1, 0.15) is 5.40 Å². The highest BCUT2D eigenvalue weighted by molar-refractivity contribution is 8.03. The first kappa shape index (κ1) is 18.9. The number of likely N-dealkylation sites (tertiary alicyclic amines) is 1. The molecule has 1 aromatic rings. The van der Waals surface area contributed by atoms with Crippen molar-refractivity contribution in [2.45, 2.75) is 43.7 Å². The predicted octanol–water partition coefficient (Wildman–Crippen LogP) is 5.11. The van der Waals surface area contributed by atoms with Crippen LogP contribution in [0.5, 0.6) is 0 Å². The molecule has 6 heteroatoms. The maximum atomic E-state index is 12.9. The average Bonchev–Trinajstić information content (AvgIpc) is 2.49. The molecule has 2 nitrogen and oxygen atoms in total. The van der Waals surface area contributed by atoms with Gasteiger partial charge in [-0.25, -0.2) is 0 Å². The van der Waals surface area contributed by atoms with E-state index >= 15 is 0 Å². The molecule has 2 rings (SSSR count). The molecular formula is C16H21F3N2S. The number of hydrogen-bond acceptors (Lipinski definition) is 3. The fourth-order valence-corrected chi connectivity index (χ4v) is 2.96. The molecule has 1 aliphatic heterocycles. The maximum absolute atomic E-state index is 12.9. The molecule has 0 unspecified atom stereocenters. The van der Waals surface area contributed by atoms with Crippen molar-refractivity contribution in [3.05, 3.63) is 29.3 Å². The van der Waals surface area contributed by atoms with Crippen LogP contribution in [-0.4, -0.2) is 25.0 Å². The van der Waals surface area contributed by atoms with Gasteiger partial charge in [0.05, 0.1) is 5.56 Å². The van der Waals surface area contributed by atoms with Crippen LogP contribution in [0.3, 0.4) is 0 Å². The van der Waals surface area contributed by atoms with E-state index in [4.69, 9.17) is 5.26 Å². The third kappa shape index (κ3) is 5.22. The quantitative estimate of drug-likeness (QED) is 0.557. The molecule has 1 saturated heterocycles. The number of halogens is 3. The molecule has 1 aromatic carbocycles. The lowest BCUT2D eigenvalue weighted by atomic mass is 9.88. The molecule has 0 aromatic heterocycles. The third-order valence-corrected chi connectivity index (χ3v) is 4.17. The van der Waals surface area contributed by atoms with Gasteiger partial charge in [-0.1, -0.05) is 13.8 Å². The second kappa shape index (κ2) is 8.44. The van der Waals surface area contributed by atoms with Gasteiger partial charge in [0.15, 0.2) is 0 Å². The number of nitriles is 1. The van der Waals surface area contributed by atoms with Gasteiger partial charge in [-0.3, -0.25) is 0 Å². The lowest BCUT2D eigenvalue weighted by molar-refractivity contribution is -0.137. The Labute approximate surface area is 134 Å². The molecule has 1 heterocycles. The second-order valence-electron chi connectivity index (χ2n) is 5.06. The van der Waals surface area contributed by atoms with E-state index in [2.05, 4.69) is 4.90 Å². The van der Waals surface area contributed by atoms with E-state index in [0.29, 0.717) is 10.5 Å². The molecule has 0 saturated carbocycles. The summed E-state index contributed by atoms with van der Waals surface area (Å²) in [5, 5.41) is 10.5. The second-order valence-corrected chi connectivity index (χ2v) is 5.92. The van der Waals surface area contributed by atoms with E-state index in [1.54, 1.807) is 6.07 Å². The summed E-state index contributed by atoms with van der Waals surface area (Å²) in [6.45, 7) is 5.78. The molecule has 1 fully saturated rings. The normalized spacial score (nSPS) is 16.6. The van der Waals surface area contributed by atoms with Crippen molar-refractivity contribution in [2.24, 2.45) is 0 Å². The van der Waals surface area contributed by atoms with Crippen LogP contribution in [0.25, 0.3) is 0 Å². The summed E-state index contributed by atoms with van der Waals surface area (Å²) in [7, 11) is 2.01. The molecule has 0 aliphatic carbocycles. The number of thiocyanates is 1. The fourth-order valence-electron chi connectivity index (χ4n) is 2.48. The van der Waals surface area contributed by atoms with Crippen LogP contribution in [0.2, 0.25) is 0 Å². The van der Waals surface area contributed by atoms with Gasteiger partial charge in [0.2, 0.25) is 0 Å². The molecule has 122 valence electrons. The number of nitrogens with zero attached hydrogens (tertiary/aromatic N) is 2. The fraction of sp³-hybridized carbons (Fsp3) is 0.562. The molecule has 1 aliphatic rings.